The average Bonchev–Trinajstić information content (AvgIpc) is 2.90. The highest BCUT2D eigenvalue weighted by Gasteiger charge is 2.23. The summed E-state index contributed by atoms with van der Waals surface area (Å²) < 4.78 is 49.8. The molecule has 7 heteroatoms. The molecule has 5 aromatic rings. The van der Waals surface area contributed by atoms with E-state index in [0.717, 1.165) is 28.1 Å². The molecule has 1 aromatic heterocycles. The molecule has 0 N–H and O–H groups in total. The van der Waals surface area contributed by atoms with Crippen LogP contribution in [-0.2, 0) is 6.54 Å². The molecule has 0 bridgehead atoms. The molecule has 0 amide bonds. The van der Waals surface area contributed by atoms with E-state index < -0.39 is 10.2 Å². The number of pyridine rings is 1. The number of nitrogens with zero attached hydrogens (tertiary/aromatic N) is 1. The van der Waals surface area contributed by atoms with Crippen molar-refractivity contribution in [3.05, 3.63) is 139 Å². The maximum absolute atomic E-state index is 13.5. The first-order valence-electron chi connectivity index (χ1n) is 11.4. The van der Waals surface area contributed by atoms with Gasteiger partial charge in [0.1, 0.15) is 5.82 Å². The van der Waals surface area contributed by atoms with Gasteiger partial charge in [0.25, 0.3) is 0 Å². The Balaban J connectivity index is 0.000000586. The van der Waals surface area contributed by atoms with Gasteiger partial charge in [-0.15, -0.1) is 10.2 Å². The first-order valence-corrected chi connectivity index (χ1v) is 12.6. The lowest BCUT2D eigenvalue weighted by molar-refractivity contribution is -2.00. The Bertz CT molecular complexity index is 1360. The third-order valence-corrected chi connectivity index (χ3v) is 5.67. The highest BCUT2D eigenvalue weighted by Crippen LogP contribution is 2.29. The molecule has 0 spiro atoms. The lowest BCUT2D eigenvalue weighted by atomic mass is 9.98. The molecule has 0 atom stereocenters. The van der Waals surface area contributed by atoms with Crippen LogP contribution in [0.5, 0.6) is 0 Å². The van der Waals surface area contributed by atoms with E-state index >= 15 is 0 Å². The Kier molecular flexibility index (Phi) is 8.40. The van der Waals surface area contributed by atoms with Crippen molar-refractivity contribution in [2.45, 2.75) is 6.54 Å². The van der Waals surface area contributed by atoms with Crippen molar-refractivity contribution < 1.29 is 37.8 Å². The molecule has 5 rings (SSSR count). The van der Waals surface area contributed by atoms with Crippen molar-refractivity contribution in [1.82, 2.24) is 0 Å². The number of hydrogen-bond acceptors (Lipinski definition) is 4. The van der Waals surface area contributed by atoms with E-state index in [-0.39, 0.29) is 5.82 Å². The molecule has 0 aliphatic heterocycles. The molecule has 0 radical (unpaired) electrons. The van der Waals surface area contributed by atoms with Gasteiger partial charge in [0.15, 0.2) is 6.54 Å². The Morgan fingerprint density at radius 3 is 1.30 bits per heavy atom. The second-order valence-electron chi connectivity index (χ2n) is 8.20. The molecule has 0 unspecified atom stereocenters. The first kappa shape index (κ1) is 26.2. The van der Waals surface area contributed by atoms with Crippen LogP contribution < -0.4 is 23.2 Å². The summed E-state index contributed by atoms with van der Waals surface area (Å²) in [7, 11) is -4.94. The maximum Gasteiger partial charge on any atom is 0.213 e. The molecular formula is C30H23ClFNO4. The van der Waals surface area contributed by atoms with Crippen LogP contribution in [0.3, 0.4) is 0 Å². The Hall–Kier alpha value is -3.91. The summed E-state index contributed by atoms with van der Waals surface area (Å²) in [6, 6.07) is 42.6. The van der Waals surface area contributed by atoms with Crippen molar-refractivity contribution in [1.29, 1.82) is 0 Å². The van der Waals surface area contributed by atoms with Crippen LogP contribution in [0.2, 0.25) is 0 Å². The van der Waals surface area contributed by atoms with Crippen LogP contribution in [0.4, 0.5) is 4.39 Å². The number of hydrogen-bond donors (Lipinski definition) is 0. The average molecular weight is 516 g/mol. The zero-order valence-electron chi connectivity index (χ0n) is 19.7. The van der Waals surface area contributed by atoms with Crippen LogP contribution in [0, 0.1) is 16.1 Å². The summed E-state index contributed by atoms with van der Waals surface area (Å²) >= 11 is 0. The van der Waals surface area contributed by atoms with Crippen molar-refractivity contribution in [3.63, 3.8) is 0 Å². The summed E-state index contributed by atoms with van der Waals surface area (Å²) in [5, 5.41) is 0. The molecule has 37 heavy (non-hydrogen) atoms. The standard InChI is InChI=1S/C30H23FN.ClHO4/c31-28-18-16-23(17-19-28)22-32-29(25-12-6-2-7-13-25)20-27(24-10-4-1-5-11-24)21-30(32)26-14-8-3-9-15-26;2-1(3,4)5/h1-21H,22H2;(H,2,3,4,5)/q+1;/p-1. The van der Waals surface area contributed by atoms with Gasteiger partial charge in [-0.05, 0) is 59.7 Å². The van der Waals surface area contributed by atoms with E-state index in [4.69, 9.17) is 18.6 Å². The molecule has 0 aliphatic rings. The first-order chi connectivity index (χ1) is 17.8. The lowest BCUT2D eigenvalue weighted by Crippen LogP contribution is -2.68. The predicted octanol–water partition coefficient (Wildman–Crippen LogP) is 2.41. The molecule has 1 heterocycles. The molecule has 5 nitrogen and oxygen atoms in total. The SMILES string of the molecule is Fc1ccc(C[n+]2c(-c3ccccc3)cc(-c3ccccc3)cc2-c2ccccc2)cc1.[O-][Cl+3]([O-])([O-])[O-]. The minimum Gasteiger partial charge on any atom is -0.222 e. The van der Waals surface area contributed by atoms with Gasteiger partial charge in [0.05, 0.1) is 0 Å². The quantitative estimate of drug-likeness (QED) is 0.336. The van der Waals surface area contributed by atoms with Crippen LogP contribution >= 0.6 is 0 Å². The Morgan fingerprint density at radius 2 is 0.892 bits per heavy atom. The fourth-order valence-corrected chi connectivity index (χ4v) is 4.06. The summed E-state index contributed by atoms with van der Waals surface area (Å²) in [4.78, 5) is 0. The highest BCUT2D eigenvalue weighted by molar-refractivity contribution is 5.73. The van der Waals surface area contributed by atoms with Gasteiger partial charge in [0, 0.05) is 28.8 Å². The van der Waals surface area contributed by atoms with Gasteiger partial charge in [0.2, 0.25) is 11.4 Å². The molecule has 0 saturated carbocycles. The van der Waals surface area contributed by atoms with Gasteiger partial charge in [-0.3, -0.25) is 0 Å². The van der Waals surface area contributed by atoms with Crippen LogP contribution in [-0.4, -0.2) is 0 Å². The topological polar surface area (TPSA) is 96.1 Å². The molecule has 186 valence electrons. The highest BCUT2D eigenvalue weighted by atomic mass is 35.7. The summed E-state index contributed by atoms with van der Waals surface area (Å²) in [6.45, 7) is 0.643. The summed E-state index contributed by atoms with van der Waals surface area (Å²) in [5.41, 5.74) is 7.92. The van der Waals surface area contributed by atoms with Crippen molar-refractivity contribution in [2.75, 3.05) is 0 Å². The third-order valence-electron chi connectivity index (χ3n) is 5.67. The van der Waals surface area contributed by atoms with E-state index in [9.17, 15) is 4.39 Å². The summed E-state index contributed by atoms with van der Waals surface area (Å²) in [6.07, 6.45) is 0. The van der Waals surface area contributed by atoms with Crippen molar-refractivity contribution in [3.8, 4) is 33.6 Å². The number of rotatable bonds is 5. The lowest BCUT2D eigenvalue weighted by Gasteiger charge is -2.17. The third kappa shape index (κ3) is 7.54. The van der Waals surface area contributed by atoms with E-state index in [2.05, 4.69) is 89.5 Å². The Morgan fingerprint density at radius 1 is 0.514 bits per heavy atom. The molecule has 4 aromatic carbocycles. The van der Waals surface area contributed by atoms with Crippen molar-refractivity contribution in [2.24, 2.45) is 0 Å². The van der Waals surface area contributed by atoms with Gasteiger partial charge < -0.3 is 0 Å². The zero-order valence-corrected chi connectivity index (χ0v) is 20.4. The fraction of sp³-hybridized carbons (Fsp3) is 0.0333. The number of benzene rings is 4. The van der Waals surface area contributed by atoms with Crippen molar-refractivity contribution >= 4 is 0 Å². The zero-order chi connectivity index (χ0) is 26.3. The van der Waals surface area contributed by atoms with E-state index in [1.807, 2.05) is 30.3 Å². The van der Waals surface area contributed by atoms with Crippen LogP contribution in [0.15, 0.2) is 127 Å². The summed E-state index contributed by atoms with van der Waals surface area (Å²) in [5.74, 6) is -0.218. The van der Waals surface area contributed by atoms with Crippen LogP contribution in [0.1, 0.15) is 5.56 Å². The van der Waals surface area contributed by atoms with Gasteiger partial charge >= 0.3 is 0 Å². The normalized spacial score (nSPS) is 10.9. The Labute approximate surface area is 216 Å². The smallest absolute Gasteiger partial charge is 0.213 e. The van der Waals surface area contributed by atoms with E-state index in [1.54, 1.807) is 0 Å². The minimum atomic E-state index is -4.94. The second kappa shape index (κ2) is 11.9. The van der Waals surface area contributed by atoms with E-state index in [0.29, 0.717) is 6.54 Å². The molecule has 0 fully saturated rings. The largest absolute Gasteiger partial charge is 0.222 e. The monoisotopic (exact) mass is 515 g/mol. The van der Waals surface area contributed by atoms with E-state index in [1.165, 1.54) is 23.3 Å². The second-order valence-corrected chi connectivity index (χ2v) is 8.96. The number of aromatic nitrogens is 1. The number of halogens is 2. The minimum absolute atomic E-state index is 0.218. The maximum atomic E-state index is 13.5. The predicted molar refractivity (Wildman–Crippen MR) is 128 cm³/mol. The van der Waals surface area contributed by atoms with Crippen LogP contribution in [0.25, 0.3) is 33.6 Å². The molecule has 0 aliphatic carbocycles. The van der Waals surface area contributed by atoms with Gasteiger partial charge in [-0.2, -0.15) is 4.57 Å². The fourth-order valence-electron chi connectivity index (χ4n) is 4.06. The van der Waals surface area contributed by atoms with Gasteiger partial charge in [-0.25, -0.2) is 23.0 Å². The molecular weight excluding hydrogens is 493 g/mol. The molecule has 0 saturated heterocycles. The van der Waals surface area contributed by atoms with Gasteiger partial charge in [-0.1, -0.05) is 66.7 Å².